The first-order valence-electron chi connectivity index (χ1n) is 8.99. The molecular weight excluding hydrogens is 304 g/mol. The summed E-state index contributed by atoms with van der Waals surface area (Å²) in [4.78, 5) is 27.0. The minimum atomic E-state index is -0.762. The Kier molecular flexibility index (Phi) is 4.65. The van der Waals surface area contributed by atoms with Crippen LogP contribution in [0.4, 0.5) is 0 Å². The highest BCUT2D eigenvalue weighted by Crippen LogP contribution is 2.41. The zero-order chi connectivity index (χ0) is 17.3. The predicted octanol–water partition coefficient (Wildman–Crippen LogP) is 1.88. The van der Waals surface area contributed by atoms with Crippen molar-refractivity contribution < 1.29 is 9.59 Å². The quantitative estimate of drug-likeness (QED) is 0.895. The summed E-state index contributed by atoms with van der Waals surface area (Å²) in [5, 5.41) is 7.32. The molecule has 1 aromatic rings. The predicted molar refractivity (Wildman–Crippen MR) is 91.3 cm³/mol. The van der Waals surface area contributed by atoms with Crippen LogP contribution < -0.4 is 5.32 Å². The molecule has 2 aliphatic rings. The molecule has 0 radical (unpaired) electrons. The van der Waals surface area contributed by atoms with E-state index in [0.717, 1.165) is 50.8 Å². The molecule has 1 aliphatic carbocycles. The molecule has 24 heavy (non-hydrogen) atoms. The Morgan fingerprint density at radius 1 is 1.33 bits per heavy atom. The van der Waals surface area contributed by atoms with Gasteiger partial charge in [-0.15, -0.1) is 0 Å². The first-order valence-corrected chi connectivity index (χ1v) is 8.99. The van der Waals surface area contributed by atoms with E-state index < -0.39 is 5.54 Å². The number of likely N-dealkylation sites (tertiary alicyclic amines) is 1. The molecule has 132 valence electrons. The van der Waals surface area contributed by atoms with Crippen molar-refractivity contribution >= 4 is 11.8 Å². The normalized spacial score (nSPS) is 23.6. The molecule has 2 heterocycles. The summed E-state index contributed by atoms with van der Waals surface area (Å²) in [7, 11) is 0. The van der Waals surface area contributed by atoms with E-state index in [2.05, 4.69) is 10.4 Å². The highest BCUT2D eigenvalue weighted by Gasteiger charge is 2.50. The molecule has 6 nitrogen and oxygen atoms in total. The lowest BCUT2D eigenvalue weighted by Crippen LogP contribution is -2.62. The third-order valence-corrected chi connectivity index (χ3v) is 5.32. The van der Waals surface area contributed by atoms with Gasteiger partial charge in [-0.25, -0.2) is 0 Å². The van der Waals surface area contributed by atoms with Gasteiger partial charge in [0.05, 0.1) is 18.8 Å². The van der Waals surface area contributed by atoms with Gasteiger partial charge < -0.3 is 10.2 Å². The molecule has 1 saturated heterocycles. The molecule has 0 spiro atoms. The molecule has 2 atom stereocenters. The van der Waals surface area contributed by atoms with Crippen molar-refractivity contribution in [3.05, 3.63) is 18.0 Å². The Bertz CT molecular complexity index is 622. The van der Waals surface area contributed by atoms with Crippen molar-refractivity contribution in [2.24, 2.45) is 5.92 Å². The molecule has 2 amide bonds. The van der Waals surface area contributed by atoms with Crippen LogP contribution in [0.1, 0.15) is 51.5 Å². The highest BCUT2D eigenvalue weighted by atomic mass is 16.2. The Morgan fingerprint density at radius 2 is 2.08 bits per heavy atom. The summed E-state index contributed by atoms with van der Waals surface area (Å²) in [6.07, 6.45) is 9.05. The van der Waals surface area contributed by atoms with E-state index in [1.165, 1.54) is 6.92 Å². The van der Waals surface area contributed by atoms with E-state index in [-0.39, 0.29) is 23.8 Å². The van der Waals surface area contributed by atoms with Crippen molar-refractivity contribution in [3.8, 4) is 0 Å². The number of aryl methyl sites for hydroxylation is 1. The number of hydrogen-bond acceptors (Lipinski definition) is 3. The van der Waals surface area contributed by atoms with Crippen LogP contribution in [0.3, 0.4) is 0 Å². The van der Waals surface area contributed by atoms with Crippen LogP contribution in [-0.4, -0.2) is 44.6 Å². The molecule has 1 aliphatic heterocycles. The largest absolute Gasteiger partial charge is 0.342 e. The van der Waals surface area contributed by atoms with Gasteiger partial charge in [-0.3, -0.25) is 14.3 Å². The average Bonchev–Trinajstić information content (AvgIpc) is 3.31. The highest BCUT2D eigenvalue weighted by molar-refractivity contribution is 5.91. The first-order chi connectivity index (χ1) is 11.4. The summed E-state index contributed by atoms with van der Waals surface area (Å²) in [5.74, 6) is 0.214. The van der Waals surface area contributed by atoms with Crippen LogP contribution in [0.25, 0.3) is 0 Å². The summed E-state index contributed by atoms with van der Waals surface area (Å²) < 4.78 is 1.93. The minimum absolute atomic E-state index is 0.0776. The second kappa shape index (κ2) is 6.57. The fraction of sp³-hybridized carbons (Fsp3) is 0.722. The maximum atomic E-state index is 13.3. The van der Waals surface area contributed by atoms with Crippen molar-refractivity contribution in [1.29, 1.82) is 0 Å². The summed E-state index contributed by atoms with van der Waals surface area (Å²) in [5.41, 5.74) is 0.367. The van der Waals surface area contributed by atoms with Crippen molar-refractivity contribution in [1.82, 2.24) is 20.0 Å². The topological polar surface area (TPSA) is 67.2 Å². The Labute approximate surface area is 143 Å². The molecule has 1 aromatic heterocycles. The lowest BCUT2D eigenvalue weighted by atomic mass is 9.90. The van der Waals surface area contributed by atoms with Crippen LogP contribution in [0.5, 0.6) is 0 Å². The Hall–Kier alpha value is -1.85. The summed E-state index contributed by atoms with van der Waals surface area (Å²) in [6.45, 7) is 6.91. The molecule has 2 unspecified atom stereocenters. The van der Waals surface area contributed by atoms with E-state index in [4.69, 9.17) is 0 Å². The van der Waals surface area contributed by atoms with Gasteiger partial charge >= 0.3 is 0 Å². The fourth-order valence-corrected chi connectivity index (χ4v) is 3.90. The zero-order valence-electron chi connectivity index (χ0n) is 14.9. The molecule has 1 saturated carbocycles. The Balaban J connectivity index is 1.78. The van der Waals surface area contributed by atoms with E-state index >= 15 is 0 Å². The van der Waals surface area contributed by atoms with Gasteiger partial charge in [-0.05, 0) is 57.4 Å². The van der Waals surface area contributed by atoms with Crippen LogP contribution in [0, 0.1) is 12.8 Å². The summed E-state index contributed by atoms with van der Waals surface area (Å²) in [6, 6.07) is 0.150. The minimum Gasteiger partial charge on any atom is -0.342 e. The second-order valence-corrected chi connectivity index (χ2v) is 7.55. The van der Waals surface area contributed by atoms with Crippen LogP contribution in [0.2, 0.25) is 0 Å². The van der Waals surface area contributed by atoms with E-state index in [1.54, 1.807) is 0 Å². The number of aromatic nitrogens is 2. The number of amides is 2. The fourth-order valence-electron chi connectivity index (χ4n) is 3.90. The number of nitrogens with zero attached hydrogens (tertiary/aromatic N) is 3. The van der Waals surface area contributed by atoms with Crippen LogP contribution in [0.15, 0.2) is 12.4 Å². The number of carbonyl (C=O) groups excluding carboxylic acids is 2. The standard InChI is InChI=1S/C18H28N4O2/c1-13-10-19-21(11-13)12-16-6-4-5-9-22(16)17(24)18(3,15-7-8-15)20-14(2)23/h10-11,15-16H,4-9,12H2,1-3H3,(H,20,23). The van der Waals surface area contributed by atoms with Crippen molar-refractivity contribution in [3.63, 3.8) is 0 Å². The van der Waals surface area contributed by atoms with Crippen molar-refractivity contribution in [2.45, 2.75) is 71.0 Å². The number of carbonyl (C=O) groups is 2. The molecule has 2 fully saturated rings. The maximum absolute atomic E-state index is 13.3. The van der Waals surface area contributed by atoms with E-state index in [1.807, 2.05) is 35.8 Å². The zero-order valence-corrected chi connectivity index (χ0v) is 14.9. The van der Waals surface area contributed by atoms with Gasteiger partial charge in [0.1, 0.15) is 5.54 Å². The number of nitrogens with one attached hydrogen (secondary N) is 1. The smallest absolute Gasteiger partial charge is 0.248 e. The second-order valence-electron chi connectivity index (χ2n) is 7.55. The monoisotopic (exact) mass is 332 g/mol. The van der Waals surface area contributed by atoms with E-state index in [9.17, 15) is 9.59 Å². The van der Waals surface area contributed by atoms with Gasteiger partial charge in [-0.2, -0.15) is 5.10 Å². The third kappa shape index (κ3) is 3.47. The van der Waals surface area contributed by atoms with Gasteiger partial charge in [0.25, 0.3) is 0 Å². The third-order valence-electron chi connectivity index (χ3n) is 5.32. The van der Waals surface area contributed by atoms with Gasteiger partial charge in [0, 0.05) is 19.7 Å². The summed E-state index contributed by atoms with van der Waals surface area (Å²) >= 11 is 0. The van der Waals surface area contributed by atoms with Crippen LogP contribution >= 0.6 is 0 Å². The molecule has 1 N–H and O–H groups in total. The van der Waals surface area contributed by atoms with Gasteiger partial charge in [-0.1, -0.05) is 0 Å². The molecule has 0 aromatic carbocycles. The molecule has 0 bridgehead atoms. The molecule has 3 rings (SSSR count). The van der Waals surface area contributed by atoms with Gasteiger partial charge in [0.15, 0.2) is 0 Å². The lowest BCUT2D eigenvalue weighted by molar-refractivity contribution is -0.145. The van der Waals surface area contributed by atoms with Crippen LogP contribution in [-0.2, 0) is 16.1 Å². The maximum Gasteiger partial charge on any atom is 0.248 e. The van der Waals surface area contributed by atoms with E-state index in [0.29, 0.717) is 0 Å². The lowest BCUT2D eigenvalue weighted by Gasteiger charge is -2.42. The average molecular weight is 332 g/mol. The number of piperidine rings is 1. The van der Waals surface area contributed by atoms with Gasteiger partial charge in [0.2, 0.25) is 11.8 Å². The molecular formula is C18H28N4O2. The molecule has 6 heteroatoms. The number of rotatable bonds is 5. The van der Waals surface area contributed by atoms with Crippen molar-refractivity contribution in [2.75, 3.05) is 6.54 Å². The Morgan fingerprint density at radius 3 is 2.67 bits per heavy atom. The number of hydrogen-bond donors (Lipinski definition) is 1. The SMILES string of the molecule is CC(=O)NC(C)(C(=O)N1CCCCC1Cn1cc(C)cn1)C1CC1. The first kappa shape index (κ1) is 17.0.